The van der Waals surface area contributed by atoms with Gasteiger partial charge in [0.15, 0.2) is 23.1 Å². The molecule has 2 bridgehead atoms. The number of carboxylic acids is 1. The first kappa shape index (κ1) is 44.5. The monoisotopic (exact) mass is 856 g/mol. The van der Waals surface area contributed by atoms with Crippen LogP contribution < -0.4 is 5.32 Å². The summed E-state index contributed by atoms with van der Waals surface area (Å²) in [6.07, 6.45) is 10.1. The summed E-state index contributed by atoms with van der Waals surface area (Å²) >= 11 is 0. The highest BCUT2D eigenvalue weighted by Crippen LogP contribution is 2.56. The first-order valence-corrected chi connectivity index (χ1v) is 23.6. The van der Waals surface area contributed by atoms with Gasteiger partial charge in [0.1, 0.15) is 17.9 Å². The Labute approximate surface area is 362 Å². The van der Waals surface area contributed by atoms with Crippen LogP contribution in [-0.4, -0.2) is 112 Å². The lowest BCUT2D eigenvalue weighted by atomic mass is 9.76. The zero-order valence-electron chi connectivity index (χ0n) is 37.5. The molecule has 0 aromatic heterocycles. The molecule has 0 amide bonds. The third-order valence-electron chi connectivity index (χ3n) is 16.2. The molecule has 20 atom stereocenters. The summed E-state index contributed by atoms with van der Waals surface area (Å²) in [6.45, 7) is 20.6. The smallest absolute Gasteiger partial charge is 0.303 e. The van der Waals surface area contributed by atoms with Gasteiger partial charge < -0.3 is 53.2 Å². The number of rotatable bonds is 9. The summed E-state index contributed by atoms with van der Waals surface area (Å²) in [5, 5.41) is 37.4. The number of allylic oxidation sites excluding steroid dienone is 1. The van der Waals surface area contributed by atoms with E-state index in [2.05, 4.69) is 59.5 Å². The lowest BCUT2D eigenvalue weighted by molar-refractivity contribution is -0.367. The van der Waals surface area contributed by atoms with Crippen LogP contribution in [0, 0.1) is 35.5 Å². The molecule has 3 spiro atoms. The fourth-order valence-electron chi connectivity index (χ4n) is 13.2. The van der Waals surface area contributed by atoms with Crippen LogP contribution in [0.15, 0.2) is 36.0 Å². The molecule has 9 aliphatic heterocycles. The van der Waals surface area contributed by atoms with Crippen molar-refractivity contribution >= 4 is 5.97 Å². The number of hydrogen-bond donors (Lipinski definition) is 4. The zero-order valence-corrected chi connectivity index (χ0v) is 37.5. The number of carbonyl (C=O) groups is 1. The third-order valence-corrected chi connectivity index (χ3v) is 16.2. The summed E-state index contributed by atoms with van der Waals surface area (Å²) in [4.78, 5) is 11.0. The molecule has 61 heavy (non-hydrogen) atoms. The highest BCUT2D eigenvalue weighted by Gasteiger charge is 2.64. The lowest BCUT2D eigenvalue weighted by Crippen LogP contribution is -2.62. The molecule has 4 N–H and O–H groups in total. The number of piperidine rings is 1. The van der Waals surface area contributed by atoms with Gasteiger partial charge in [0.05, 0.1) is 42.7 Å². The Morgan fingerprint density at radius 2 is 1.67 bits per heavy atom. The van der Waals surface area contributed by atoms with Crippen molar-refractivity contribution in [3.63, 3.8) is 0 Å². The maximum absolute atomic E-state index is 12.4. The Morgan fingerprint density at radius 1 is 0.885 bits per heavy atom. The lowest BCUT2D eigenvalue weighted by Gasteiger charge is -2.53. The SMILES string of the molecule is C=C(C[C@@]12C[C@@H](C)C[C@@H](O1)[C@H]1O[C@]3(C[C@H]1O2)NC[C@H](C)C[C@@H]3C)[C@H]1O[C@@](O)([C@H](O)[C@@H]2C[C@H]3O[C@@]4(CC[C@]5(CC(C)=C[C@@H](/C=C/CCC(=O)O)O5)O4)[C@H](C)C[C@H]3O2)[C@H](C)C[C@@H]1C. The predicted octanol–water partition coefficient (Wildman–Crippen LogP) is 6.65. The van der Waals surface area contributed by atoms with Gasteiger partial charge in [0.25, 0.3) is 0 Å². The molecule has 0 saturated carbocycles. The second-order valence-corrected chi connectivity index (χ2v) is 21.5. The number of hydrogen-bond acceptors (Lipinski definition) is 12. The van der Waals surface area contributed by atoms with E-state index in [-0.39, 0.29) is 60.8 Å². The van der Waals surface area contributed by atoms with Gasteiger partial charge in [-0.25, -0.2) is 0 Å². The van der Waals surface area contributed by atoms with Crippen molar-refractivity contribution in [2.24, 2.45) is 35.5 Å². The molecule has 0 aliphatic carbocycles. The molecule has 0 unspecified atom stereocenters. The van der Waals surface area contributed by atoms with Gasteiger partial charge in [-0.3, -0.25) is 10.1 Å². The molecule has 9 heterocycles. The summed E-state index contributed by atoms with van der Waals surface area (Å²) in [7, 11) is 0. The van der Waals surface area contributed by atoms with Crippen LogP contribution in [0.3, 0.4) is 0 Å². The molecular formula is C48H73NO12. The highest BCUT2D eigenvalue weighted by atomic mass is 16.8. The van der Waals surface area contributed by atoms with E-state index in [0.717, 1.165) is 43.4 Å². The standard InChI is InChI=1S/C48H73NO12/c1-26-16-34(11-9-10-12-40(50)51)55-44(21-26)13-14-47(61-44)32(7)19-35-36(58-47)20-38(54-35)43(52)48(53)33(8)18-29(4)41(60-48)30(5)23-45-22-27(2)17-37(56-45)42-39(57-45)24-46(59-42)31(6)15-28(3)25-49-46/h9,11,16,27-29,31-39,41-43,49,52-53H,5,10,12-15,17-25H2,1-4,6-8H3,(H,50,51)/b11-9+/t27-,28+,29-,31-,32+,33+,34+,35+,36+,37+,38-,39+,41-,42+,43+,44+,45-,46-,47+,48+/m0/s1. The van der Waals surface area contributed by atoms with Crippen molar-refractivity contribution in [3.05, 3.63) is 36.0 Å². The molecule has 13 nitrogen and oxygen atoms in total. The second kappa shape index (κ2) is 16.3. The summed E-state index contributed by atoms with van der Waals surface area (Å²) in [6, 6.07) is 0. The Morgan fingerprint density at radius 3 is 2.44 bits per heavy atom. The Kier molecular flexibility index (Phi) is 11.9. The van der Waals surface area contributed by atoms with Crippen LogP contribution in [0.25, 0.3) is 0 Å². The van der Waals surface area contributed by atoms with Gasteiger partial charge in [0, 0.05) is 69.7 Å². The highest BCUT2D eigenvalue weighted by molar-refractivity contribution is 5.66. The summed E-state index contributed by atoms with van der Waals surface area (Å²) in [5.41, 5.74) is 1.54. The van der Waals surface area contributed by atoms with Gasteiger partial charge in [-0.1, -0.05) is 71.9 Å². The van der Waals surface area contributed by atoms with Crippen LogP contribution >= 0.6 is 0 Å². The fraction of sp³-hybridized carbons (Fsp3) is 0.854. The molecule has 342 valence electrons. The molecule has 9 rings (SSSR count). The first-order chi connectivity index (χ1) is 28.8. The van der Waals surface area contributed by atoms with Crippen LogP contribution in [0.2, 0.25) is 0 Å². The molecular weight excluding hydrogens is 783 g/mol. The molecule has 8 fully saturated rings. The number of fused-ring (bicyclic) bond motifs is 5. The van der Waals surface area contributed by atoms with Gasteiger partial charge in [0.2, 0.25) is 0 Å². The number of ether oxygens (including phenoxy) is 8. The Balaban J connectivity index is 0.850. The average Bonchev–Trinajstić information content (AvgIpc) is 3.86. The minimum absolute atomic E-state index is 0.0155. The zero-order chi connectivity index (χ0) is 43.3. The van der Waals surface area contributed by atoms with E-state index in [9.17, 15) is 15.0 Å². The summed E-state index contributed by atoms with van der Waals surface area (Å²) in [5.74, 6) is -4.32. The molecule has 9 aliphatic rings. The van der Waals surface area contributed by atoms with Gasteiger partial charge in [-0.15, -0.1) is 0 Å². The van der Waals surface area contributed by atoms with Crippen molar-refractivity contribution in [3.8, 4) is 0 Å². The molecule has 8 saturated heterocycles. The van der Waals surface area contributed by atoms with E-state index >= 15 is 0 Å². The Hall–Kier alpha value is -1.75. The Bertz CT molecular complexity index is 1740. The van der Waals surface area contributed by atoms with Gasteiger partial charge >= 0.3 is 5.97 Å². The largest absolute Gasteiger partial charge is 0.481 e. The average molecular weight is 856 g/mol. The van der Waals surface area contributed by atoms with E-state index in [1.165, 1.54) is 0 Å². The second-order valence-electron chi connectivity index (χ2n) is 21.5. The maximum Gasteiger partial charge on any atom is 0.303 e. The summed E-state index contributed by atoms with van der Waals surface area (Å²) < 4.78 is 54.4. The number of aliphatic hydroxyl groups is 2. The predicted molar refractivity (Wildman–Crippen MR) is 224 cm³/mol. The van der Waals surface area contributed by atoms with E-state index in [0.29, 0.717) is 69.1 Å². The topological polar surface area (TPSA) is 164 Å². The van der Waals surface area contributed by atoms with Gasteiger partial charge in [-0.2, -0.15) is 0 Å². The maximum atomic E-state index is 12.4. The fourth-order valence-corrected chi connectivity index (χ4v) is 13.2. The van der Waals surface area contributed by atoms with Gasteiger partial charge in [-0.05, 0) is 68.3 Å². The van der Waals surface area contributed by atoms with E-state index in [1.807, 2.05) is 19.1 Å². The minimum Gasteiger partial charge on any atom is -0.481 e. The van der Waals surface area contributed by atoms with Crippen molar-refractivity contribution < 1.29 is 58.0 Å². The molecule has 0 aromatic carbocycles. The minimum atomic E-state index is -1.88. The van der Waals surface area contributed by atoms with Crippen molar-refractivity contribution in [1.82, 2.24) is 5.32 Å². The van der Waals surface area contributed by atoms with Crippen molar-refractivity contribution in [1.29, 1.82) is 0 Å². The number of nitrogens with one attached hydrogen (secondary N) is 1. The van der Waals surface area contributed by atoms with Crippen molar-refractivity contribution in [2.75, 3.05) is 6.54 Å². The van der Waals surface area contributed by atoms with Crippen LogP contribution in [0.1, 0.15) is 132 Å². The van der Waals surface area contributed by atoms with Crippen molar-refractivity contribution in [2.45, 2.75) is 216 Å². The number of aliphatic hydroxyl groups excluding tert-OH is 1. The molecule has 0 aromatic rings. The number of aliphatic carboxylic acids is 1. The van der Waals surface area contributed by atoms with Crippen LogP contribution in [0.5, 0.6) is 0 Å². The number of carboxylic acid groups (broad SMARTS) is 1. The van der Waals surface area contributed by atoms with E-state index in [4.69, 9.17) is 43.0 Å². The van der Waals surface area contributed by atoms with Crippen LogP contribution in [0.4, 0.5) is 0 Å². The molecule has 0 radical (unpaired) electrons. The normalized spacial score (nSPS) is 52.4. The van der Waals surface area contributed by atoms with Crippen LogP contribution in [-0.2, 0) is 42.7 Å². The first-order valence-electron chi connectivity index (χ1n) is 23.6. The molecule has 13 heteroatoms. The quantitative estimate of drug-likeness (QED) is 0.183. The van der Waals surface area contributed by atoms with E-state index < -0.39 is 53.2 Å². The third kappa shape index (κ3) is 8.16. The van der Waals surface area contributed by atoms with E-state index in [1.54, 1.807) is 0 Å².